The number of carbonyl (C=O) groups excluding carboxylic acids is 1. The second-order valence-corrected chi connectivity index (χ2v) is 4.77. The molecule has 1 atom stereocenters. The molecule has 1 saturated heterocycles. The van der Waals surface area contributed by atoms with Crippen molar-refractivity contribution in [1.29, 1.82) is 0 Å². The number of phenols is 1. The van der Waals surface area contributed by atoms with Gasteiger partial charge in [0.05, 0.1) is 6.04 Å². The number of likely N-dealkylation sites (tertiary alicyclic amines) is 1. The Morgan fingerprint density at radius 1 is 1.44 bits per heavy atom. The van der Waals surface area contributed by atoms with Crippen LogP contribution in [-0.2, 0) is 11.3 Å². The van der Waals surface area contributed by atoms with Gasteiger partial charge in [-0.1, -0.05) is 6.42 Å². The van der Waals surface area contributed by atoms with Crippen molar-refractivity contribution in [3.8, 4) is 5.75 Å². The fraction of sp³-hybridized carbons (Fsp3) is 0.462. The monoisotopic (exact) mass is 249 g/mol. The van der Waals surface area contributed by atoms with E-state index in [4.69, 9.17) is 11.5 Å². The summed E-state index contributed by atoms with van der Waals surface area (Å²) in [7, 11) is 0. The van der Waals surface area contributed by atoms with E-state index in [1.54, 1.807) is 18.2 Å². The Bertz CT molecular complexity index is 448. The molecule has 1 amide bonds. The highest BCUT2D eigenvalue weighted by Crippen LogP contribution is 2.25. The Labute approximate surface area is 106 Å². The van der Waals surface area contributed by atoms with E-state index in [9.17, 15) is 9.90 Å². The van der Waals surface area contributed by atoms with Crippen LogP contribution in [0.5, 0.6) is 5.75 Å². The molecule has 0 radical (unpaired) electrons. The molecule has 5 nitrogen and oxygen atoms in total. The fourth-order valence-electron chi connectivity index (χ4n) is 2.45. The van der Waals surface area contributed by atoms with Crippen molar-refractivity contribution in [3.63, 3.8) is 0 Å². The molecule has 1 aliphatic heterocycles. The number of amides is 1. The number of nitrogens with zero attached hydrogens (tertiary/aromatic N) is 1. The lowest BCUT2D eigenvalue weighted by atomic mass is 10.0. The van der Waals surface area contributed by atoms with Crippen LogP contribution in [-0.4, -0.2) is 28.5 Å². The first-order valence-electron chi connectivity index (χ1n) is 6.18. The number of benzene rings is 1. The predicted octanol–water partition coefficient (Wildman–Crippen LogP) is 0.814. The molecule has 0 bridgehead atoms. The van der Waals surface area contributed by atoms with E-state index in [1.807, 2.05) is 4.90 Å². The minimum absolute atomic E-state index is 0.206. The van der Waals surface area contributed by atoms with Crippen LogP contribution in [0.25, 0.3) is 0 Å². The van der Waals surface area contributed by atoms with Crippen LogP contribution in [0.3, 0.4) is 0 Å². The second-order valence-electron chi connectivity index (χ2n) is 4.77. The lowest BCUT2D eigenvalue weighted by Gasteiger charge is -2.33. The number of hydrogen-bond acceptors (Lipinski definition) is 4. The Hall–Kier alpha value is -1.75. The molecule has 1 heterocycles. The van der Waals surface area contributed by atoms with Gasteiger partial charge in [0.2, 0.25) is 5.91 Å². The summed E-state index contributed by atoms with van der Waals surface area (Å²) >= 11 is 0. The van der Waals surface area contributed by atoms with E-state index in [0.29, 0.717) is 12.2 Å². The van der Waals surface area contributed by atoms with Crippen LogP contribution in [0.4, 0.5) is 5.69 Å². The SMILES string of the molecule is NC(=O)C1CCCCN1Cc1cc(N)ccc1O. The summed E-state index contributed by atoms with van der Waals surface area (Å²) in [6.45, 7) is 1.33. The predicted molar refractivity (Wildman–Crippen MR) is 69.8 cm³/mol. The van der Waals surface area contributed by atoms with Crippen molar-refractivity contribution >= 4 is 11.6 Å². The zero-order valence-corrected chi connectivity index (χ0v) is 10.3. The van der Waals surface area contributed by atoms with Gasteiger partial charge in [-0.25, -0.2) is 0 Å². The summed E-state index contributed by atoms with van der Waals surface area (Å²) in [4.78, 5) is 13.4. The smallest absolute Gasteiger partial charge is 0.234 e. The molecule has 18 heavy (non-hydrogen) atoms. The van der Waals surface area contributed by atoms with Gasteiger partial charge in [-0.2, -0.15) is 0 Å². The number of rotatable bonds is 3. The number of primary amides is 1. The summed E-state index contributed by atoms with van der Waals surface area (Å²) in [6.07, 6.45) is 2.86. The molecule has 2 rings (SSSR count). The van der Waals surface area contributed by atoms with Gasteiger partial charge >= 0.3 is 0 Å². The van der Waals surface area contributed by atoms with Gasteiger partial charge in [-0.3, -0.25) is 9.69 Å². The first kappa shape index (κ1) is 12.7. The fourth-order valence-corrected chi connectivity index (χ4v) is 2.45. The summed E-state index contributed by atoms with van der Waals surface area (Å²) in [5.41, 5.74) is 12.5. The number of piperidine rings is 1. The second kappa shape index (κ2) is 5.27. The zero-order chi connectivity index (χ0) is 13.1. The van der Waals surface area contributed by atoms with Crippen LogP contribution in [0.15, 0.2) is 18.2 Å². The number of hydrogen-bond donors (Lipinski definition) is 3. The molecule has 0 aromatic heterocycles. The molecule has 0 saturated carbocycles. The van der Waals surface area contributed by atoms with Gasteiger partial charge in [-0.05, 0) is 37.6 Å². The van der Waals surface area contributed by atoms with Gasteiger partial charge in [0.25, 0.3) is 0 Å². The van der Waals surface area contributed by atoms with Crippen LogP contribution < -0.4 is 11.5 Å². The van der Waals surface area contributed by atoms with Crippen molar-refractivity contribution < 1.29 is 9.90 Å². The zero-order valence-electron chi connectivity index (χ0n) is 10.3. The number of aromatic hydroxyl groups is 1. The standard InChI is InChI=1S/C13H19N3O2/c14-10-4-5-12(17)9(7-10)8-16-6-2-1-3-11(16)13(15)18/h4-5,7,11,17H,1-3,6,8,14H2,(H2,15,18). The van der Waals surface area contributed by atoms with Crippen molar-refractivity contribution in [1.82, 2.24) is 4.90 Å². The average Bonchev–Trinajstić information content (AvgIpc) is 2.34. The van der Waals surface area contributed by atoms with Crippen molar-refractivity contribution in [2.24, 2.45) is 5.73 Å². The minimum atomic E-state index is -0.293. The highest BCUT2D eigenvalue weighted by molar-refractivity contribution is 5.79. The number of nitrogens with two attached hydrogens (primary N) is 2. The summed E-state index contributed by atoms with van der Waals surface area (Å²) in [6, 6.07) is 4.73. The van der Waals surface area contributed by atoms with Gasteiger partial charge in [-0.15, -0.1) is 0 Å². The van der Waals surface area contributed by atoms with Gasteiger partial charge < -0.3 is 16.6 Å². The summed E-state index contributed by atoms with van der Waals surface area (Å²) in [5, 5.41) is 9.79. The van der Waals surface area contributed by atoms with Crippen LogP contribution in [0.2, 0.25) is 0 Å². The lowest BCUT2D eigenvalue weighted by molar-refractivity contribution is -0.124. The maximum atomic E-state index is 11.4. The van der Waals surface area contributed by atoms with E-state index >= 15 is 0 Å². The Kier molecular flexibility index (Phi) is 3.72. The molecular formula is C13H19N3O2. The Morgan fingerprint density at radius 2 is 2.22 bits per heavy atom. The van der Waals surface area contributed by atoms with Crippen molar-refractivity contribution in [2.45, 2.75) is 31.8 Å². The summed E-state index contributed by atoms with van der Waals surface area (Å²) in [5.74, 6) is -0.0870. The number of phenolic OH excluding ortho intramolecular Hbond substituents is 1. The number of anilines is 1. The van der Waals surface area contributed by atoms with E-state index in [0.717, 1.165) is 31.4 Å². The van der Waals surface area contributed by atoms with E-state index in [2.05, 4.69) is 0 Å². The molecule has 1 fully saturated rings. The number of carbonyl (C=O) groups is 1. The van der Waals surface area contributed by atoms with Gasteiger partial charge in [0.15, 0.2) is 0 Å². The molecule has 0 aliphatic carbocycles. The molecule has 1 unspecified atom stereocenters. The molecule has 0 spiro atoms. The third-order valence-electron chi connectivity index (χ3n) is 3.42. The van der Waals surface area contributed by atoms with Gasteiger partial charge in [0.1, 0.15) is 5.75 Å². The van der Waals surface area contributed by atoms with Crippen molar-refractivity contribution in [3.05, 3.63) is 23.8 Å². The van der Waals surface area contributed by atoms with E-state index in [1.165, 1.54) is 0 Å². The van der Waals surface area contributed by atoms with Crippen molar-refractivity contribution in [2.75, 3.05) is 12.3 Å². The number of nitrogen functional groups attached to an aromatic ring is 1. The summed E-state index contributed by atoms with van der Waals surface area (Å²) < 4.78 is 0. The largest absolute Gasteiger partial charge is 0.508 e. The Morgan fingerprint density at radius 3 is 2.94 bits per heavy atom. The van der Waals surface area contributed by atoms with Gasteiger partial charge in [0, 0.05) is 17.8 Å². The maximum absolute atomic E-state index is 11.4. The van der Waals surface area contributed by atoms with E-state index < -0.39 is 0 Å². The topological polar surface area (TPSA) is 92.6 Å². The van der Waals surface area contributed by atoms with E-state index in [-0.39, 0.29) is 17.7 Å². The average molecular weight is 249 g/mol. The quantitative estimate of drug-likeness (QED) is 0.546. The first-order valence-corrected chi connectivity index (χ1v) is 6.18. The van der Waals surface area contributed by atoms with Crippen LogP contribution in [0, 0.1) is 0 Å². The maximum Gasteiger partial charge on any atom is 0.234 e. The van der Waals surface area contributed by atoms with Crippen LogP contribution in [0.1, 0.15) is 24.8 Å². The molecule has 5 N–H and O–H groups in total. The molecular weight excluding hydrogens is 230 g/mol. The third-order valence-corrected chi connectivity index (χ3v) is 3.42. The Balaban J connectivity index is 2.15. The highest BCUT2D eigenvalue weighted by Gasteiger charge is 2.27. The molecule has 1 aliphatic rings. The third kappa shape index (κ3) is 2.73. The normalized spacial score (nSPS) is 20.8. The van der Waals surface area contributed by atoms with Crippen LogP contribution >= 0.6 is 0 Å². The first-order chi connectivity index (χ1) is 8.58. The molecule has 98 valence electrons. The molecule has 1 aromatic carbocycles. The lowest BCUT2D eigenvalue weighted by Crippen LogP contribution is -2.47. The highest BCUT2D eigenvalue weighted by atomic mass is 16.3. The molecule has 1 aromatic rings. The minimum Gasteiger partial charge on any atom is -0.508 e. The molecule has 5 heteroatoms.